The number of carbonyl (C=O) groups is 2. The summed E-state index contributed by atoms with van der Waals surface area (Å²) < 4.78 is 0. The monoisotopic (exact) mass is 410 g/mol. The van der Waals surface area contributed by atoms with E-state index in [1.54, 1.807) is 36.1 Å². The molecule has 7 heteroatoms. The lowest BCUT2D eigenvalue weighted by Crippen LogP contribution is -2.58. The normalized spacial score (nSPS) is 17.6. The highest BCUT2D eigenvalue weighted by atomic mass is 35.5. The highest BCUT2D eigenvalue weighted by Gasteiger charge is 2.36. The number of carbonyl (C=O) groups excluding carboxylic acids is 2. The van der Waals surface area contributed by atoms with E-state index in [9.17, 15) is 9.59 Å². The van der Waals surface area contributed by atoms with Gasteiger partial charge in [-0.05, 0) is 49.7 Å². The van der Waals surface area contributed by atoms with Crippen molar-refractivity contribution in [2.24, 2.45) is 0 Å². The van der Waals surface area contributed by atoms with Gasteiger partial charge in [-0.15, -0.1) is 0 Å². The van der Waals surface area contributed by atoms with Gasteiger partial charge in [0.1, 0.15) is 6.04 Å². The molecule has 0 spiro atoms. The van der Waals surface area contributed by atoms with Crippen molar-refractivity contribution in [3.8, 4) is 0 Å². The van der Waals surface area contributed by atoms with Crippen molar-refractivity contribution in [2.75, 3.05) is 18.0 Å². The Bertz CT molecular complexity index is 885. The van der Waals surface area contributed by atoms with Gasteiger partial charge in [-0.2, -0.15) is 0 Å². The molecule has 136 valence electrons. The van der Waals surface area contributed by atoms with Crippen molar-refractivity contribution < 1.29 is 9.59 Å². The Morgan fingerprint density at radius 1 is 1.04 bits per heavy atom. The van der Waals surface area contributed by atoms with E-state index in [0.717, 1.165) is 11.3 Å². The molecule has 1 unspecified atom stereocenters. The van der Waals surface area contributed by atoms with Crippen LogP contribution < -0.4 is 4.90 Å². The number of halogens is 3. The molecule has 0 bridgehead atoms. The number of rotatable bonds is 2. The van der Waals surface area contributed by atoms with Crippen molar-refractivity contribution in [3.05, 3.63) is 62.6 Å². The van der Waals surface area contributed by atoms with E-state index in [4.69, 9.17) is 34.8 Å². The molecule has 1 saturated heterocycles. The number of amides is 2. The van der Waals surface area contributed by atoms with Crippen molar-refractivity contribution in [1.82, 2.24) is 4.90 Å². The Balaban J connectivity index is 1.86. The topological polar surface area (TPSA) is 40.6 Å². The number of anilines is 1. The maximum absolute atomic E-state index is 12.9. The van der Waals surface area contributed by atoms with Gasteiger partial charge in [-0.1, -0.05) is 40.9 Å². The third kappa shape index (κ3) is 3.54. The Kier molecular flexibility index (Phi) is 5.47. The van der Waals surface area contributed by atoms with Gasteiger partial charge in [0.05, 0.1) is 10.6 Å². The Morgan fingerprint density at radius 3 is 2.38 bits per heavy atom. The summed E-state index contributed by atoms with van der Waals surface area (Å²) >= 11 is 18.1. The molecular weight excluding hydrogens is 395 g/mol. The van der Waals surface area contributed by atoms with Crippen LogP contribution in [0.1, 0.15) is 22.8 Å². The molecule has 1 fully saturated rings. The van der Waals surface area contributed by atoms with Gasteiger partial charge < -0.3 is 9.80 Å². The van der Waals surface area contributed by atoms with Crippen LogP contribution in [0.25, 0.3) is 0 Å². The summed E-state index contributed by atoms with van der Waals surface area (Å²) in [5, 5.41) is 1.30. The highest BCUT2D eigenvalue weighted by molar-refractivity contribution is 6.36. The summed E-state index contributed by atoms with van der Waals surface area (Å²) in [6.45, 7) is 4.43. The average Bonchev–Trinajstić information content (AvgIpc) is 2.59. The molecule has 1 heterocycles. The van der Waals surface area contributed by atoms with Crippen LogP contribution in [-0.4, -0.2) is 35.8 Å². The van der Waals surface area contributed by atoms with Crippen molar-refractivity contribution in [3.63, 3.8) is 0 Å². The smallest absolute Gasteiger partial charge is 0.256 e. The molecule has 0 N–H and O–H groups in total. The predicted molar refractivity (Wildman–Crippen MR) is 106 cm³/mol. The molecule has 0 aromatic heterocycles. The van der Waals surface area contributed by atoms with Gasteiger partial charge in [0.15, 0.2) is 0 Å². The molecule has 1 atom stereocenters. The number of piperazine rings is 1. The van der Waals surface area contributed by atoms with Crippen molar-refractivity contribution in [1.29, 1.82) is 0 Å². The number of hydrogen-bond donors (Lipinski definition) is 0. The van der Waals surface area contributed by atoms with Crippen LogP contribution in [0.5, 0.6) is 0 Å². The molecule has 0 radical (unpaired) electrons. The number of aryl methyl sites for hydroxylation is 1. The predicted octanol–water partition coefficient (Wildman–Crippen LogP) is 4.83. The van der Waals surface area contributed by atoms with Crippen LogP contribution in [0.3, 0.4) is 0 Å². The second-order valence-electron chi connectivity index (χ2n) is 6.22. The van der Waals surface area contributed by atoms with Crippen LogP contribution in [0.4, 0.5) is 5.69 Å². The second kappa shape index (κ2) is 7.47. The standard InChI is InChI=1S/C19H17Cl3N2O2/c1-11-3-4-14(21)10-17(11)24-8-7-23(12(2)18(24)25)19(26)15-6-5-13(20)9-16(15)22/h3-6,9-10,12H,7-8H2,1-2H3. The molecule has 4 nitrogen and oxygen atoms in total. The molecule has 0 saturated carbocycles. The maximum atomic E-state index is 12.9. The molecule has 1 aliphatic rings. The zero-order valence-electron chi connectivity index (χ0n) is 14.3. The van der Waals surface area contributed by atoms with Gasteiger partial charge in [0, 0.05) is 28.8 Å². The Morgan fingerprint density at radius 2 is 1.69 bits per heavy atom. The highest BCUT2D eigenvalue weighted by Crippen LogP contribution is 2.29. The molecule has 1 aliphatic heterocycles. The van der Waals surface area contributed by atoms with Gasteiger partial charge >= 0.3 is 0 Å². The van der Waals surface area contributed by atoms with Gasteiger partial charge in [0.2, 0.25) is 5.91 Å². The SMILES string of the molecule is Cc1ccc(Cl)cc1N1CCN(C(=O)c2ccc(Cl)cc2Cl)C(C)C1=O. The first-order chi connectivity index (χ1) is 12.3. The van der Waals surface area contributed by atoms with E-state index in [2.05, 4.69) is 0 Å². The minimum Gasteiger partial charge on any atom is -0.325 e. The Hall–Kier alpha value is -1.75. The average molecular weight is 412 g/mol. The fraction of sp³-hybridized carbons (Fsp3) is 0.263. The van der Waals surface area contributed by atoms with E-state index in [-0.39, 0.29) is 16.8 Å². The van der Waals surface area contributed by atoms with Gasteiger partial charge in [-0.25, -0.2) is 0 Å². The van der Waals surface area contributed by atoms with E-state index in [0.29, 0.717) is 28.7 Å². The number of benzene rings is 2. The van der Waals surface area contributed by atoms with E-state index < -0.39 is 6.04 Å². The lowest BCUT2D eigenvalue weighted by Gasteiger charge is -2.39. The van der Waals surface area contributed by atoms with Crippen molar-refractivity contribution >= 4 is 52.3 Å². The molecule has 0 aliphatic carbocycles. The van der Waals surface area contributed by atoms with E-state index in [1.165, 1.54) is 11.0 Å². The van der Waals surface area contributed by atoms with Crippen LogP contribution in [0.2, 0.25) is 15.1 Å². The summed E-state index contributed by atoms with van der Waals surface area (Å²) in [5.74, 6) is -0.435. The number of hydrogen-bond acceptors (Lipinski definition) is 2. The first-order valence-electron chi connectivity index (χ1n) is 8.13. The number of nitrogens with zero attached hydrogens (tertiary/aromatic N) is 2. The third-order valence-corrected chi connectivity index (χ3v) is 5.32. The van der Waals surface area contributed by atoms with Crippen LogP contribution in [0.15, 0.2) is 36.4 Å². The summed E-state index contributed by atoms with van der Waals surface area (Å²) in [6.07, 6.45) is 0. The molecule has 2 amide bonds. The summed E-state index contributed by atoms with van der Waals surface area (Å²) in [7, 11) is 0. The molecular formula is C19H17Cl3N2O2. The molecule has 2 aromatic carbocycles. The first kappa shape index (κ1) is 19.0. The molecule has 3 rings (SSSR count). The second-order valence-corrected chi connectivity index (χ2v) is 7.50. The van der Waals surface area contributed by atoms with Crippen LogP contribution >= 0.6 is 34.8 Å². The minimum atomic E-state index is -0.610. The lowest BCUT2D eigenvalue weighted by molar-refractivity contribution is -0.124. The first-order valence-corrected chi connectivity index (χ1v) is 9.26. The summed E-state index contributed by atoms with van der Waals surface area (Å²) in [4.78, 5) is 29.0. The van der Waals surface area contributed by atoms with E-state index in [1.807, 2.05) is 13.0 Å². The van der Waals surface area contributed by atoms with Crippen LogP contribution in [-0.2, 0) is 4.79 Å². The zero-order chi connectivity index (χ0) is 19.0. The van der Waals surface area contributed by atoms with Crippen LogP contribution in [0, 0.1) is 6.92 Å². The quantitative estimate of drug-likeness (QED) is 0.710. The molecule has 2 aromatic rings. The zero-order valence-corrected chi connectivity index (χ0v) is 16.6. The molecule has 26 heavy (non-hydrogen) atoms. The minimum absolute atomic E-state index is 0.153. The third-order valence-electron chi connectivity index (χ3n) is 4.54. The summed E-state index contributed by atoms with van der Waals surface area (Å²) in [5.41, 5.74) is 2.06. The van der Waals surface area contributed by atoms with Gasteiger partial charge in [-0.3, -0.25) is 9.59 Å². The lowest BCUT2D eigenvalue weighted by atomic mass is 10.1. The largest absolute Gasteiger partial charge is 0.325 e. The fourth-order valence-electron chi connectivity index (χ4n) is 3.08. The maximum Gasteiger partial charge on any atom is 0.256 e. The fourth-order valence-corrected chi connectivity index (χ4v) is 3.73. The van der Waals surface area contributed by atoms with E-state index >= 15 is 0 Å². The van der Waals surface area contributed by atoms with Crippen molar-refractivity contribution in [2.45, 2.75) is 19.9 Å². The Labute approximate surface area is 167 Å². The van der Waals surface area contributed by atoms with Gasteiger partial charge in [0.25, 0.3) is 5.91 Å². The summed E-state index contributed by atoms with van der Waals surface area (Å²) in [6, 6.07) is 9.54.